The first-order chi connectivity index (χ1) is 12.9. The SMILES string of the molecule is COc1ccc(NS(=O)(=O)c2ccc(C(=O)N3CCCC(N)C3)cc2)cc1. The van der Waals surface area contributed by atoms with Crippen LogP contribution >= 0.6 is 0 Å². The first-order valence-corrected chi connectivity index (χ1v) is 10.2. The van der Waals surface area contributed by atoms with E-state index in [1.54, 1.807) is 36.3 Å². The second-order valence-corrected chi connectivity index (χ2v) is 8.19. The maximum absolute atomic E-state index is 12.6. The highest BCUT2D eigenvalue weighted by Crippen LogP contribution is 2.20. The van der Waals surface area contributed by atoms with E-state index in [0.29, 0.717) is 30.1 Å². The first-order valence-electron chi connectivity index (χ1n) is 8.71. The van der Waals surface area contributed by atoms with E-state index in [0.717, 1.165) is 12.8 Å². The van der Waals surface area contributed by atoms with Crippen molar-refractivity contribution in [2.75, 3.05) is 24.9 Å². The number of ether oxygens (including phenoxy) is 1. The Bertz CT molecular complexity index is 896. The lowest BCUT2D eigenvalue weighted by atomic mass is 10.1. The van der Waals surface area contributed by atoms with Crippen LogP contribution in [0.5, 0.6) is 5.75 Å². The average Bonchev–Trinajstić information content (AvgIpc) is 2.68. The number of likely N-dealkylation sites (tertiary alicyclic amines) is 1. The van der Waals surface area contributed by atoms with Crippen molar-refractivity contribution in [1.82, 2.24) is 4.90 Å². The molecule has 3 N–H and O–H groups in total. The fourth-order valence-corrected chi connectivity index (χ4v) is 4.09. The number of hydrogen-bond acceptors (Lipinski definition) is 5. The number of hydrogen-bond donors (Lipinski definition) is 2. The number of benzene rings is 2. The van der Waals surface area contributed by atoms with Crippen LogP contribution in [-0.4, -0.2) is 45.5 Å². The molecule has 7 nitrogen and oxygen atoms in total. The summed E-state index contributed by atoms with van der Waals surface area (Å²) < 4.78 is 32.6. The minimum Gasteiger partial charge on any atom is -0.497 e. The Balaban J connectivity index is 1.72. The smallest absolute Gasteiger partial charge is 0.261 e. The molecule has 0 spiro atoms. The molecule has 0 aliphatic carbocycles. The standard InChI is InChI=1S/C19H23N3O4S/c1-26-17-8-6-16(7-9-17)21-27(24,25)18-10-4-14(5-11-18)19(23)22-12-2-3-15(20)13-22/h4-11,15,21H,2-3,12-13,20H2,1H3. The van der Waals surface area contributed by atoms with Crippen molar-refractivity contribution in [3.8, 4) is 5.75 Å². The van der Waals surface area contributed by atoms with Gasteiger partial charge < -0.3 is 15.4 Å². The van der Waals surface area contributed by atoms with Crippen LogP contribution in [0.4, 0.5) is 5.69 Å². The molecule has 2 aromatic rings. The molecule has 144 valence electrons. The third-order valence-corrected chi connectivity index (χ3v) is 5.90. The molecule has 0 aromatic heterocycles. The van der Waals surface area contributed by atoms with Gasteiger partial charge >= 0.3 is 0 Å². The molecular weight excluding hydrogens is 366 g/mol. The zero-order chi connectivity index (χ0) is 19.4. The molecule has 1 fully saturated rings. The maximum Gasteiger partial charge on any atom is 0.261 e. The van der Waals surface area contributed by atoms with Gasteiger partial charge in [-0.2, -0.15) is 0 Å². The molecule has 1 heterocycles. The minimum absolute atomic E-state index is 0.00366. The van der Waals surface area contributed by atoms with E-state index in [1.165, 1.54) is 24.3 Å². The number of nitrogens with zero attached hydrogens (tertiary/aromatic N) is 1. The number of anilines is 1. The first kappa shape index (κ1) is 19.2. The van der Waals surface area contributed by atoms with E-state index >= 15 is 0 Å². The molecule has 0 radical (unpaired) electrons. The highest BCUT2D eigenvalue weighted by atomic mass is 32.2. The van der Waals surface area contributed by atoms with Gasteiger partial charge in [0.25, 0.3) is 15.9 Å². The summed E-state index contributed by atoms with van der Waals surface area (Å²) in [4.78, 5) is 14.4. The molecule has 0 bridgehead atoms. The van der Waals surface area contributed by atoms with Gasteiger partial charge in [0, 0.05) is 30.4 Å². The van der Waals surface area contributed by atoms with E-state index in [4.69, 9.17) is 10.5 Å². The predicted octanol–water partition coefficient (Wildman–Crippen LogP) is 2.06. The van der Waals surface area contributed by atoms with Crippen molar-refractivity contribution in [3.05, 3.63) is 54.1 Å². The zero-order valence-electron chi connectivity index (χ0n) is 15.1. The number of nitrogens with two attached hydrogens (primary N) is 1. The van der Waals surface area contributed by atoms with Crippen LogP contribution in [0.1, 0.15) is 23.2 Å². The van der Waals surface area contributed by atoms with E-state index in [2.05, 4.69) is 4.72 Å². The average molecular weight is 389 g/mol. The number of carbonyl (C=O) groups is 1. The number of rotatable bonds is 5. The van der Waals surface area contributed by atoms with Gasteiger partial charge in [0.1, 0.15) is 5.75 Å². The van der Waals surface area contributed by atoms with Gasteiger partial charge in [0.05, 0.1) is 12.0 Å². The van der Waals surface area contributed by atoms with E-state index in [9.17, 15) is 13.2 Å². The Morgan fingerprint density at radius 1 is 1.15 bits per heavy atom. The van der Waals surface area contributed by atoms with Crippen molar-refractivity contribution < 1.29 is 17.9 Å². The normalized spacial score (nSPS) is 17.4. The quantitative estimate of drug-likeness (QED) is 0.815. The van der Waals surface area contributed by atoms with Crippen LogP contribution in [0.25, 0.3) is 0 Å². The van der Waals surface area contributed by atoms with E-state index in [1.807, 2.05) is 0 Å². The van der Waals surface area contributed by atoms with Crippen molar-refractivity contribution >= 4 is 21.6 Å². The van der Waals surface area contributed by atoms with Crippen LogP contribution in [0.15, 0.2) is 53.4 Å². The zero-order valence-corrected chi connectivity index (χ0v) is 15.9. The molecule has 1 aliphatic heterocycles. The lowest BCUT2D eigenvalue weighted by Gasteiger charge is -2.30. The second-order valence-electron chi connectivity index (χ2n) is 6.51. The van der Waals surface area contributed by atoms with Gasteiger partial charge in [-0.1, -0.05) is 0 Å². The summed E-state index contributed by atoms with van der Waals surface area (Å²) >= 11 is 0. The Morgan fingerprint density at radius 3 is 2.41 bits per heavy atom. The molecular formula is C19H23N3O4S. The van der Waals surface area contributed by atoms with Gasteiger partial charge in [-0.25, -0.2) is 8.42 Å². The Hall–Kier alpha value is -2.58. The number of methoxy groups -OCH3 is 1. The van der Waals surface area contributed by atoms with Gasteiger partial charge in [-0.3, -0.25) is 9.52 Å². The topological polar surface area (TPSA) is 102 Å². The van der Waals surface area contributed by atoms with Crippen molar-refractivity contribution in [3.63, 3.8) is 0 Å². The molecule has 27 heavy (non-hydrogen) atoms. The van der Waals surface area contributed by atoms with Crippen molar-refractivity contribution in [1.29, 1.82) is 0 Å². The van der Waals surface area contributed by atoms with Crippen LogP contribution in [-0.2, 0) is 10.0 Å². The molecule has 1 amide bonds. The summed E-state index contributed by atoms with van der Waals surface area (Å²) in [5.41, 5.74) is 6.80. The fraction of sp³-hybridized carbons (Fsp3) is 0.316. The highest BCUT2D eigenvalue weighted by molar-refractivity contribution is 7.92. The maximum atomic E-state index is 12.6. The number of piperidine rings is 1. The minimum atomic E-state index is -3.74. The second kappa shape index (κ2) is 7.98. The largest absolute Gasteiger partial charge is 0.497 e. The lowest BCUT2D eigenvalue weighted by molar-refractivity contribution is 0.0708. The van der Waals surface area contributed by atoms with Crippen LogP contribution < -0.4 is 15.2 Å². The van der Waals surface area contributed by atoms with Gasteiger partial charge in [0.2, 0.25) is 0 Å². The Labute approximate surface area is 159 Å². The van der Waals surface area contributed by atoms with E-state index in [-0.39, 0.29) is 16.8 Å². The summed E-state index contributed by atoms with van der Waals surface area (Å²) in [6, 6.07) is 12.5. The predicted molar refractivity (Wildman–Crippen MR) is 103 cm³/mol. The van der Waals surface area contributed by atoms with Crippen LogP contribution in [0.3, 0.4) is 0 Å². The summed E-state index contributed by atoms with van der Waals surface area (Å²) in [6.45, 7) is 1.20. The molecule has 3 rings (SSSR count). The monoisotopic (exact) mass is 389 g/mol. The molecule has 1 atom stereocenters. The Morgan fingerprint density at radius 2 is 1.81 bits per heavy atom. The van der Waals surface area contributed by atoms with Gasteiger partial charge in [0.15, 0.2) is 0 Å². The third kappa shape index (κ3) is 4.58. The fourth-order valence-electron chi connectivity index (χ4n) is 3.03. The molecule has 2 aromatic carbocycles. The molecule has 1 saturated heterocycles. The van der Waals surface area contributed by atoms with Crippen molar-refractivity contribution in [2.24, 2.45) is 5.73 Å². The van der Waals surface area contributed by atoms with Gasteiger partial charge in [-0.05, 0) is 61.4 Å². The van der Waals surface area contributed by atoms with Gasteiger partial charge in [-0.15, -0.1) is 0 Å². The molecule has 8 heteroatoms. The van der Waals surface area contributed by atoms with Crippen LogP contribution in [0.2, 0.25) is 0 Å². The molecule has 1 unspecified atom stereocenters. The summed E-state index contributed by atoms with van der Waals surface area (Å²) in [5.74, 6) is 0.510. The number of amides is 1. The highest BCUT2D eigenvalue weighted by Gasteiger charge is 2.23. The summed E-state index contributed by atoms with van der Waals surface area (Å²) in [7, 11) is -2.20. The van der Waals surface area contributed by atoms with Crippen molar-refractivity contribution in [2.45, 2.75) is 23.8 Å². The number of carbonyl (C=O) groups excluding carboxylic acids is 1. The summed E-state index contributed by atoms with van der Waals surface area (Å²) in [6.07, 6.45) is 1.79. The van der Waals surface area contributed by atoms with Crippen LogP contribution in [0, 0.1) is 0 Å². The molecule has 0 saturated carbocycles. The molecule has 1 aliphatic rings. The van der Waals surface area contributed by atoms with E-state index < -0.39 is 10.0 Å². The number of nitrogens with one attached hydrogen (secondary N) is 1. The Kier molecular flexibility index (Phi) is 5.67. The lowest BCUT2D eigenvalue weighted by Crippen LogP contribution is -2.45. The number of sulfonamides is 1. The summed E-state index contributed by atoms with van der Waals surface area (Å²) in [5, 5.41) is 0. The third-order valence-electron chi connectivity index (χ3n) is 4.50.